The Balaban J connectivity index is 2.99. The molecule has 21 heteroatoms. The van der Waals surface area contributed by atoms with Gasteiger partial charge in [0.1, 0.15) is 17.7 Å². The van der Waals surface area contributed by atoms with Gasteiger partial charge in [-0.15, -0.1) is 0 Å². The average Bonchev–Trinajstić information content (AvgIpc) is 3.08. The monoisotopic (exact) mass is 1010 g/mol. The Morgan fingerprint density at radius 3 is 0.917 bits per heavy atom. The number of carbonyl (C=O) groups is 1. The van der Waals surface area contributed by atoms with E-state index in [4.69, 9.17) is 44.6 Å². The third kappa shape index (κ3) is 13.8. The fourth-order valence-electron chi connectivity index (χ4n) is 9.62. The van der Waals surface area contributed by atoms with Crippen LogP contribution in [0, 0.1) is 0 Å². The van der Waals surface area contributed by atoms with Crippen LogP contribution in [0.15, 0.2) is 12.7 Å². The van der Waals surface area contributed by atoms with Crippen molar-refractivity contribution in [2.45, 2.75) is 211 Å². The quantitative estimate of drug-likeness (QED) is 0.0448. The van der Waals surface area contributed by atoms with E-state index < -0.39 is 109 Å². The van der Waals surface area contributed by atoms with Gasteiger partial charge in [-0.05, 0) is 162 Å². The summed E-state index contributed by atoms with van der Waals surface area (Å²) >= 11 is 0. The van der Waals surface area contributed by atoms with Gasteiger partial charge in [0.15, 0.2) is 56.5 Å². The van der Waals surface area contributed by atoms with E-state index in [1.807, 2.05) is 0 Å². The van der Waals surface area contributed by atoms with Crippen LogP contribution in [-0.4, -0.2) is 129 Å². The van der Waals surface area contributed by atoms with Crippen LogP contribution in [0.25, 0.3) is 0 Å². The van der Waals surface area contributed by atoms with E-state index in [1.54, 1.807) is 0 Å². The molecule has 0 aliphatic carbocycles. The Morgan fingerprint density at radius 1 is 0.500 bits per heavy atom. The molecule has 0 radical (unpaired) electrons. The molecule has 0 amide bonds. The first-order valence-corrected chi connectivity index (χ1v) is 55.1. The number of esters is 1. The normalized spacial score (nSPS) is 27.2. The molecule has 0 aromatic heterocycles. The summed E-state index contributed by atoms with van der Waals surface area (Å²) in [6, 6.07) is 2.36. The number of hydrogen-bond acceptors (Lipinski definition) is 11. The first kappa shape index (κ1) is 55.3. The summed E-state index contributed by atoms with van der Waals surface area (Å²) in [5.74, 6) is -2.34. The second kappa shape index (κ2) is 20.9. The van der Waals surface area contributed by atoms with Crippen LogP contribution in [0.5, 0.6) is 0 Å². The molecular weight excluding hydrogens is 925 g/mol. The van der Waals surface area contributed by atoms with E-state index >= 15 is 0 Å². The van der Waals surface area contributed by atoms with Gasteiger partial charge in [0.05, 0.1) is 5.73 Å². The molecule has 4 unspecified atom stereocenters. The van der Waals surface area contributed by atoms with Gasteiger partial charge >= 0.3 is 5.97 Å². The molecule has 4 atom stereocenters. The summed E-state index contributed by atoms with van der Waals surface area (Å²) in [6.45, 7) is 44.8. The molecule has 3 saturated heterocycles. The molecule has 3 fully saturated rings. The second-order valence-corrected chi connectivity index (χ2v) is 80.7. The lowest BCUT2D eigenvalue weighted by atomic mass is 10.4. The van der Waals surface area contributed by atoms with Gasteiger partial charge in [0.25, 0.3) is 0 Å². The zero-order chi connectivity index (χ0) is 45.9. The zero-order valence-electron chi connectivity index (χ0n) is 41.8. The minimum atomic E-state index is -3.90. The van der Waals surface area contributed by atoms with E-state index in [0.717, 1.165) is 56.7 Å². The maximum Gasteiger partial charge on any atom is 0.330 e. The van der Waals surface area contributed by atoms with Gasteiger partial charge in [-0.2, -0.15) is 0 Å². The summed E-state index contributed by atoms with van der Waals surface area (Å²) in [4.78, 5) is 14.3. The Morgan fingerprint density at radius 2 is 0.750 bits per heavy atom. The Kier molecular flexibility index (Phi) is 19.3. The van der Waals surface area contributed by atoms with E-state index in [9.17, 15) is 4.79 Å². The van der Waals surface area contributed by atoms with Crippen molar-refractivity contribution in [1.29, 1.82) is 0 Å². The molecule has 60 heavy (non-hydrogen) atoms. The first-order valence-electron chi connectivity index (χ1n) is 23.0. The average molecular weight is 1020 g/mol. The highest BCUT2D eigenvalue weighted by Gasteiger charge is 2.90. The van der Waals surface area contributed by atoms with E-state index in [1.165, 1.54) is 6.08 Å². The molecule has 3 rings (SSSR count). The Labute approximate surface area is 376 Å². The lowest BCUT2D eigenvalue weighted by molar-refractivity contribution is -0.139. The summed E-state index contributed by atoms with van der Waals surface area (Å²) in [5, 5.41) is 0. The Hall–Kier alpha value is 1.02. The number of carbonyl (C=O) groups excluding carboxylic acids is 1. The summed E-state index contributed by atoms with van der Waals surface area (Å²) in [6.07, 6.45) is 7.52. The highest BCUT2D eigenvalue weighted by molar-refractivity contribution is 7.89. The summed E-state index contributed by atoms with van der Waals surface area (Å²) in [7, 11) is -25.2. The molecule has 0 N–H and O–H groups in total. The van der Waals surface area contributed by atoms with Crippen molar-refractivity contribution in [3.05, 3.63) is 12.7 Å². The van der Waals surface area contributed by atoms with Crippen molar-refractivity contribution in [3.63, 3.8) is 0 Å². The smallest absolute Gasteiger partial charge is 0.330 e. The number of ether oxygens (including phenoxy) is 1. The van der Waals surface area contributed by atoms with Crippen LogP contribution < -0.4 is 0 Å². The van der Waals surface area contributed by atoms with Gasteiger partial charge in [-0.25, -0.2) is 4.79 Å². The first-order chi connectivity index (χ1) is 27.2. The Bertz CT molecular complexity index is 1190. The fourth-order valence-corrected chi connectivity index (χ4v) is 103. The third-order valence-corrected chi connectivity index (χ3v) is 75.4. The lowest BCUT2D eigenvalue weighted by Gasteiger charge is -2.69. The molecule has 3 aliphatic rings. The fraction of sp³-hybridized carbons (Fsp3) is 0.923. The molecule has 352 valence electrons. The van der Waals surface area contributed by atoms with Gasteiger partial charge in [-0.1, -0.05) is 32.8 Å². The predicted octanol–water partition coefficient (Wildman–Crippen LogP) is 10.7. The largest absolute Gasteiger partial charge is 0.464 e. The highest BCUT2D eigenvalue weighted by Crippen LogP contribution is 2.57. The molecule has 0 aromatic carbocycles. The van der Waals surface area contributed by atoms with Crippen LogP contribution in [0.3, 0.4) is 0 Å². The van der Waals surface area contributed by atoms with Crippen LogP contribution in [0.1, 0.15) is 51.9 Å². The minimum Gasteiger partial charge on any atom is -0.464 e. The minimum absolute atomic E-state index is 0.435. The van der Waals surface area contributed by atoms with Crippen molar-refractivity contribution in [2.24, 2.45) is 0 Å². The molecule has 0 bridgehead atoms. The maximum absolute atomic E-state index is 14.3. The van der Waals surface area contributed by atoms with Gasteiger partial charge in [0.2, 0.25) is 23.5 Å². The van der Waals surface area contributed by atoms with Crippen molar-refractivity contribution in [1.82, 2.24) is 0 Å². The zero-order valence-corrected chi connectivity index (χ0v) is 51.8. The molecule has 0 spiro atoms. The van der Waals surface area contributed by atoms with Crippen molar-refractivity contribution >= 4 is 86.0 Å². The van der Waals surface area contributed by atoms with Gasteiger partial charge < -0.3 is 44.6 Å². The maximum atomic E-state index is 14.3. The molecule has 0 aromatic rings. The second-order valence-electron chi connectivity index (χ2n) is 23.3. The summed E-state index contributed by atoms with van der Waals surface area (Å²) < 4.78 is 77.5. The molecule has 11 nitrogen and oxygen atoms in total. The summed E-state index contributed by atoms with van der Waals surface area (Å²) in [5.41, 5.74) is -0.601. The highest BCUT2D eigenvalue weighted by atomic mass is 29.9. The van der Waals surface area contributed by atoms with Crippen LogP contribution >= 0.6 is 0 Å². The van der Waals surface area contributed by atoms with Crippen molar-refractivity contribution in [2.75, 3.05) is 19.8 Å². The molecular formula is C39H90O11Si10. The van der Waals surface area contributed by atoms with E-state index in [0.29, 0.717) is 26.2 Å². The van der Waals surface area contributed by atoms with Crippen LogP contribution in [0.4, 0.5) is 0 Å². The molecule has 3 heterocycles. The topological polar surface area (TPSA) is 109 Å². The predicted molar refractivity (Wildman–Crippen MR) is 271 cm³/mol. The SMILES string of the molecule is C=CC(=O)OC(CC)[Si]([Si]1(C(O[Si](C)(C)C)O[Si](C)(C)C)CCCCO1)([Si]1(C(O[Si](C)(C)C)O[Si](C)(C)C)CCCCO1)[Si]1(C(O[Si](C)(C)C)O[Si](C)(C)C)CCCCO1. The number of rotatable bonds is 22. The lowest BCUT2D eigenvalue weighted by Crippen LogP contribution is -3.02. The van der Waals surface area contributed by atoms with Crippen molar-refractivity contribution < 1.29 is 49.4 Å². The van der Waals surface area contributed by atoms with Crippen molar-refractivity contribution in [3.8, 4) is 0 Å². The third-order valence-electron chi connectivity index (χ3n) is 11.1. The van der Waals surface area contributed by atoms with Crippen LogP contribution in [0.2, 0.25) is 136 Å². The van der Waals surface area contributed by atoms with Gasteiger partial charge in [0, 0.05) is 25.9 Å². The van der Waals surface area contributed by atoms with E-state index in [2.05, 4.69) is 131 Å². The molecule has 3 aliphatic heterocycles. The number of hydrogen-bond donors (Lipinski definition) is 0. The molecule has 0 saturated carbocycles. The van der Waals surface area contributed by atoms with E-state index in [-0.39, 0.29) is 0 Å². The van der Waals surface area contributed by atoms with Gasteiger partial charge in [-0.3, -0.25) is 0 Å². The standard InChI is InChI=1S/C39H90O11Si10/c1-21-35(40)44-36(22-2)60(57(32-26-23-29-41-57)37(45-51(3,4)5)46-52(6,7)8,58(33-27-24-30-42-58)38(47-53(9,10)11)48-54(12,13)14)59(34-28-25-31-43-59)39(49-55(15,16)17)50-56(18,19)20/h21,36-39H,1,22-34H2,2-20H3. The van der Waals surface area contributed by atoms with Crippen LogP contribution in [-0.2, 0) is 49.4 Å².